The zero-order valence-corrected chi connectivity index (χ0v) is 15.6. The van der Waals surface area contributed by atoms with E-state index in [1.165, 1.54) is 0 Å². The molecular formula is C20H26BO4. The number of hydrogen-bond donors (Lipinski definition) is 1. The third kappa shape index (κ3) is 5.25. The molecule has 4 nitrogen and oxygen atoms in total. The monoisotopic (exact) mass is 341 g/mol. The molecule has 0 aromatic heterocycles. The first kappa shape index (κ1) is 19.4. The third-order valence-corrected chi connectivity index (χ3v) is 4.41. The molecule has 0 aliphatic rings. The van der Waals surface area contributed by atoms with Crippen LogP contribution in [0.4, 0.5) is 0 Å². The first-order valence-electron chi connectivity index (χ1n) is 8.31. The van der Waals surface area contributed by atoms with Crippen LogP contribution in [0.3, 0.4) is 0 Å². The molecule has 0 unspecified atom stereocenters. The molecule has 2 rings (SSSR count). The average Bonchev–Trinajstić information content (AvgIpc) is 2.58. The SMILES string of the molecule is COc1cc(OCc2ccccc2)ccc1[B]OC(C)(C)C(C)(C)O. The largest absolute Gasteiger partial charge is 0.497 e. The van der Waals surface area contributed by atoms with Crippen molar-refractivity contribution in [1.29, 1.82) is 0 Å². The molecule has 0 aliphatic carbocycles. The maximum Gasteiger partial charge on any atom is 0.334 e. The van der Waals surface area contributed by atoms with E-state index in [2.05, 4.69) is 0 Å². The normalized spacial score (nSPS) is 11.9. The van der Waals surface area contributed by atoms with Crippen LogP contribution in [0.1, 0.15) is 33.3 Å². The van der Waals surface area contributed by atoms with Gasteiger partial charge in [0.25, 0.3) is 0 Å². The van der Waals surface area contributed by atoms with Gasteiger partial charge in [0.15, 0.2) is 0 Å². The van der Waals surface area contributed by atoms with E-state index in [1.54, 1.807) is 28.4 Å². The lowest BCUT2D eigenvalue weighted by Crippen LogP contribution is -2.49. The predicted molar refractivity (Wildman–Crippen MR) is 101 cm³/mol. The maximum atomic E-state index is 10.2. The molecule has 1 radical (unpaired) electrons. The maximum absolute atomic E-state index is 10.2. The van der Waals surface area contributed by atoms with Crippen molar-refractivity contribution < 1.29 is 19.2 Å². The van der Waals surface area contributed by atoms with E-state index < -0.39 is 11.2 Å². The minimum Gasteiger partial charge on any atom is -0.497 e. The van der Waals surface area contributed by atoms with Crippen molar-refractivity contribution >= 4 is 12.9 Å². The summed E-state index contributed by atoms with van der Waals surface area (Å²) in [5.74, 6) is 1.37. The van der Waals surface area contributed by atoms with Crippen molar-refractivity contribution in [3.05, 3.63) is 54.1 Å². The molecule has 1 N–H and O–H groups in total. The lowest BCUT2D eigenvalue weighted by Gasteiger charge is -2.37. The first-order chi connectivity index (χ1) is 11.7. The fourth-order valence-corrected chi connectivity index (χ4v) is 1.97. The molecule has 0 atom stereocenters. The van der Waals surface area contributed by atoms with Crippen LogP contribution in [0.5, 0.6) is 11.5 Å². The van der Waals surface area contributed by atoms with Crippen LogP contribution in [-0.4, -0.2) is 30.9 Å². The van der Waals surface area contributed by atoms with Gasteiger partial charge in [0, 0.05) is 6.07 Å². The Balaban J connectivity index is 2.04. The summed E-state index contributed by atoms with van der Waals surface area (Å²) in [5, 5.41) is 10.2. The Bertz CT molecular complexity index is 678. The number of ether oxygens (including phenoxy) is 2. The van der Waals surface area contributed by atoms with Gasteiger partial charge in [0.2, 0.25) is 0 Å². The second-order valence-electron chi connectivity index (χ2n) is 6.98. The highest BCUT2D eigenvalue weighted by Crippen LogP contribution is 2.25. The van der Waals surface area contributed by atoms with Gasteiger partial charge in [-0.1, -0.05) is 36.4 Å². The quantitative estimate of drug-likeness (QED) is 0.750. The fourth-order valence-electron chi connectivity index (χ4n) is 1.97. The number of hydrogen-bond acceptors (Lipinski definition) is 4. The van der Waals surface area contributed by atoms with E-state index >= 15 is 0 Å². The molecule has 0 amide bonds. The summed E-state index contributed by atoms with van der Waals surface area (Å²) in [6.07, 6.45) is 0. The van der Waals surface area contributed by atoms with Crippen molar-refractivity contribution in [2.75, 3.05) is 7.11 Å². The van der Waals surface area contributed by atoms with E-state index in [-0.39, 0.29) is 0 Å². The molecule has 0 saturated carbocycles. The van der Waals surface area contributed by atoms with Gasteiger partial charge < -0.3 is 19.2 Å². The summed E-state index contributed by atoms with van der Waals surface area (Å²) in [7, 11) is 3.21. The molecule has 2 aromatic carbocycles. The lowest BCUT2D eigenvalue weighted by atomic mass is 9.82. The van der Waals surface area contributed by atoms with Crippen LogP contribution < -0.4 is 14.9 Å². The van der Waals surface area contributed by atoms with Gasteiger partial charge in [0.05, 0.1) is 18.3 Å². The summed E-state index contributed by atoms with van der Waals surface area (Å²) in [5.41, 5.74) is 0.176. The highest BCUT2D eigenvalue weighted by Gasteiger charge is 2.35. The Morgan fingerprint density at radius 1 is 1.00 bits per heavy atom. The highest BCUT2D eigenvalue weighted by molar-refractivity contribution is 6.48. The smallest absolute Gasteiger partial charge is 0.334 e. The van der Waals surface area contributed by atoms with Gasteiger partial charge in [-0.15, -0.1) is 0 Å². The Labute approximate surface area is 151 Å². The van der Waals surface area contributed by atoms with E-state index in [4.69, 9.17) is 14.1 Å². The van der Waals surface area contributed by atoms with Gasteiger partial charge in [-0.3, -0.25) is 0 Å². The van der Waals surface area contributed by atoms with Crippen LogP contribution in [-0.2, 0) is 11.3 Å². The third-order valence-electron chi connectivity index (χ3n) is 4.41. The second kappa shape index (κ2) is 7.94. The standard InChI is InChI=1S/C20H26BO4/c1-19(2,22)20(3,4)25-21-17-12-11-16(13-18(17)23-5)24-14-15-9-7-6-8-10-15/h6-13,22H,14H2,1-5H3. The van der Waals surface area contributed by atoms with Crippen LogP contribution in [0.15, 0.2) is 48.5 Å². The van der Waals surface area contributed by atoms with Gasteiger partial charge >= 0.3 is 7.48 Å². The van der Waals surface area contributed by atoms with Gasteiger partial charge in [-0.25, -0.2) is 0 Å². The molecule has 5 heteroatoms. The molecule has 0 heterocycles. The second-order valence-corrected chi connectivity index (χ2v) is 6.98. The van der Waals surface area contributed by atoms with E-state index in [0.29, 0.717) is 12.4 Å². The number of methoxy groups -OCH3 is 1. The van der Waals surface area contributed by atoms with Crippen LogP contribution in [0.2, 0.25) is 0 Å². The molecule has 0 spiro atoms. The predicted octanol–water partition coefficient (Wildman–Crippen LogP) is 3.08. The highest BCUT2D eigenvalue weighted by atomic mass is 16.5. The molecule has 25 heavy (non-hydrogen) atoms. The molecule has 133 valence electrons. The molecule has 0 fully saturated rings. The van der Waals surface area contributed by atoms with Gasteiger partial charge in [0.1, 0.15) is 18.1 Å². The zero-order chi connectivity index (χ0) is 18.5. The Kier molecular flexibility index (Phi) is 6.14. The summed E-state index contributed by atoms with van der Waals surface area (Å²) >= 11 is 0. The van der Waals surface area contributed by atoms with Crippen LogP contribution in [0, 0.1) is 0 Å². The summed E-state index contributed by atoms with van der Waals surface area (Å²) < 4.78 is 17.0. The number of aliphatic hydroxyl groups is 1. The Morgan fingerprint density at radius 3 is 2.28 bits per heavy atom. The van der Waals surface area contributed by atoms with Crippen LogP contribution >= 0.6 is 0 Å². The van der Waals surface area contributed by atoms with Crippen LogP contribution in [0.25, 0.3) is 0 Å². The first-order valence-corrected chi connectivity index (χ1v) is 8.31. The van der Waals surface area contributed by atoms with Gasteiger partial charge in [-0.2, -0.15) is 0 Å². The average molecular weight is 341 g/mol. The van der Waals surface area contributed by atoms with Crippen molar-refractivity contribution in [1.82, 2.24) is 0 Å². The van der Waals surface area contributed by atoms with Crippen molar-refractivity contribution in [2.24, 2.45) is 0 Å². The van der Waals surface area contributed by atoms with E-state index in [1.807, 2.05) is 62.4 Å². The topological polar surface area (TPSA) is 47.9 Å². The van der Waals surface area contributed by atoms with Crippen molar-refractivity contribution in [3.63, 3.8) is 0 Å². The Morgan fingerprint density at radius 2 is 1.68 bits per heavy atom. The fraction of sp³-hybridized carbons (Fsp3) is 0.400. The summed E-state index contributed by atoms with van der Waals surface area (Å²) in [6.45, 7) is 7.62. The van der Waals surface area contributed by atoms with E-state index in [9.17, 15) is 5.11 Å². The minimum atomic E-state index is -0.977. The molecule has 2 aromatic rings. The molecular weight excluding hydrogens is 315 g/mol. The molecule has 0 aliphatic heterocycles. The number of rotatable bonds is 8. The number of benzene rings is 2. The summed E-state index contributed by atoms with van der Waals surface area (Å²) in [4.78, 5) is 0. The summed E-state index contributed by atoms with van der Waals surface area (Å²) in [6, 6.07) is 15.6. The minimum absolute atomic E-state index is 0.495. The lowest BCUT2D eigenvalue weighted by molar-refractivity contribution is -0.0893. The van der Waals surface area contributed by atoms with Gasteiger partial charge in [-0.05, 0) is 44.8 Å². The zero-order valence-electron chi connectivity index (χ0n) is 15.6. The van der Waals surface area contributed by atoms with E-state index in [0.717, 1.165) is 16.8 Å². The van der Waals surface area contributed by atoms with Crippen molar-refractivity contribution in [2.45, 2.75) is 45.5 Å². The molecule has 0 bridgehead atoms. The molecule has 0 saturated heterocycles. The van der Waals surface area contributed by atoms with Crippen molar-refractivity contribution in [3.8, 4) is 11.5 Å². The Hall–Kier alpha value is -1.98.